The van der Waals surface area contributed by atoms with Crippen LogP contribution in [-0.4, -0.2) is 20.9 Å². The van der Waals surface area contributed by atoms with E-state index in [9.17, 15) is 4.79 Å². The fraction of sp³-hybridized carbons (Fsp3) is 0.273. The summed E-state index contributed by atoms with van der Waals surface area (Å²) in [4.78, 5) is 11.7. The Labute approximate surface area is 103 Å². The van der Waals surface area contributed by atoms with E-state index in [4.69, 9.17) is 5.11 Å². The van der Waals surface area contributed by atoms with Crippen molar-refractivity contribution in [3.05, 3.63) is 39.8 Å². The lowest BCUT2D eigenvalue weighted by atomic mass is 10.3. The number of aryl methyl sites for hydroxylation is 1. The molecule has 90 valence electrons. The lowest BCUT2D eigenvalue weighted by Gasteiger charge is -1.99. The smallest absolute Gasteiger partial charge is 0.336 e. The Kier molecular flexibility index (Phi) is 3.55. The zero-order valence-electron chi connectivity index (χ0n) is 9.38. The molecule has 0 radical (unpaired) electrons. The van der Waals surface area contributed by atoms with E-state index >= 15 is 0 Å². The Morgan fingerprint density at radius 3 is 3.00 bits per heavy atom. The first-order chi connectivity index (χ1) is 8.15. The van der Waals surface area contributed by atoms with Crippen LogP contribution in [-0.2, 0) is 20.1 Å². The zero-order valence-corrected chi connectivity index (χ0v) is 10.2. The molecule has 2 aromatic heterocycles. The molecule has 5 nitrogen and oxygen atoms in total. The number of hydrogen-bond acceptors (Lipinski definition) is 4. The minimum Gasteiger partial charge on any atom is -0.478 e. The van der Waals surface area contributed by atoms with E-state index in [-0.39, 0.29) is 0 Å². The number of aromatic carboxylic acids is 1. The van der Waals surface area contributed by atoms with E-state index < -0.39 is 5.97 Å². The Morgan fingerprint density at radius 2 is 2.41 bits per heavy atom. The predicted octanol–water partition coefficient (Wildman–Crippen LogP) is 1.47. The van der Waals surface area contributed by atoms with E-state index in [0.717, 1.165) is 10.6 Å². The standard InChI is InChI=1S/C11H13N3O2S/c1-14-3-2-9(13-14)5-12-6-10-4-8(7-17-10)11(15)16/h2-4,7,12H,5-6H2,1H3,(H,15,16). The first kappa shape index (κ1) is 11.8. The summed E-state index contributed by atoms with van der Waals surface area (Å²) >= 11 is 1.45. The van der Waals surface area contributed by atoms with E-state index in [1.54, 1.807) is 16.1 Å². The van der Waals surface area contributed by atoms with Crippen LogP contribution in [0.5, 0.6) is 0 Å². The lowest BCUT2D eigenvalue weighted by Crippen LogP contribution is -2.12. The highest BCUT2D eigenvalue weighted by Crippen LogP contribution is 2.14. The van der Waals surface area contributed by atoms with Gasteiger partial charge in [0.25, 0.3) is 0 Å². The van der Waals surface area contributed by atoms with Gasteiger partial charge in [0, 0.05) is 36.6 Å². The number of nitrogens with one attached hydrogen (secondary N) is 1. The first-order valence-electron chi connectivity index (χ1n) is 5.15. The van der Waals surface area contributed by atoms with Crippen molar-refractivity contribution in [1.29, 1.82) is 0 Å². The Balaban J connectivity index is 1.83. The van der Waals surface area contributed by atoms with Gasteiger partial charge in [-0.05, 0) is 12.1 Å². The lowest BCUT2D eigenvalue weighted by molar-refractivity contribution is 0.0697. The molecule has 0 unspecified atom stereocenters. The largest absolute Gasteiger partial charge is 0.478 e. The van der Waals surface area contributed by atoms with Crippen molar-refractivity contribution < 1.29 is 9.90 Å². The van der Waals surface area contributed by atoms with Gasteiger partial charge in [0.2, 0.25) is 0 Å². The third-order valence-corrected chi connectivity index (χ3v) is 3.21. The van der Waals surface area contributed by atoms with Crippen LogP contribution in [0, 0.1) is 0 Å². The molecule has 2 rings (SSSR count). The molecule has 0 aromatic carbocycles. The van der Waals surface area contributed by atoms with Crippen molar-refractivity contribution in [2.24, 2.45) is 7.05 Å². The molecule has 0 aliphatic carbocycles. The van der Waals surface area contributed by atoms with Crippen LogP contribution in [0.3, 0.4) is 0 Å². The summed E-state index contributed by atoms with van der Waals surface area (Å²) in [6.07, 6.45) is 1.89. The van der Waals surface area contributed by atoms with Gasteiger partial charge in [0.05, 0.1) is 11.3 Å². The van der Waals surface area contributed by atoms with E-state index in [1.807, 2.05) is 19.3 Å². The van der Waals surface area contributed by atoms with Crippen molar-refractivity contribution >= 4 is 17.3 Å². The second kappa shape index (κ2) is 5.11. The van der Waals surface area contributed by atoms with Crippen molar-refractivity contribution in [3.63, 3.8) is 0 Å². The summed E-state index contributed by atoms with van der Waals surface area (Å²) in [5.41, 5.74) is 1.33. The molecule has 0 bridgehead atoms. The molecule has 0 fully saturated rings. The minimum absolute atomic E-state index is 0.352. The van der Waals surface area contributed by atoms with E-state index in [1.165, 1.54) is 11.3 Å². The van der Waals surface area contributed by atoms with Gasteiger partial charge in [-0.1, -0.05) is 0 Å². The Hall–Kier alpha value is -1.66. The number of nitrogens with zero attached hydrogens (tertiary/aromatic N) is 2. The van der Waals surface area contributed by atoms with Crippen molar-refractivity contribution in [2.75, 3.05) is 0 Å². The summed E-state index contributed by atoms with van der Waals surface area (Å²) in [6.45, 7) is 1.34. The fourth-order valence-corrected chi connectivity index (χ4v) is 2.28. The first-order valence-corrected chi connectivity index (χ1v) is 6.03. The quantitative estimate of drug-likeness (QED) is 0.844. The normalized spacial score (nSPS) is 10.6. The summed E-state index contributed by atoms with van der Waals surface area (Å²) in [5, 5.41) is 17.9. The number of aromatic nitrogens is 2. The predicted molar refractivity (Wildman–Crippen MR) is 65.0 cm³/mol. The van der Waals surface area contributed by atoms with E-state index in [0.29, 0.717) is 18.7 Å². The SMILES string of the molecule is Cn1ccc(CNCc2cc(C(=O)O)cs2)n1. The molecular formula is C11H13N3O2S. The topological polar surface area (TPSA) is 67.2 Å². The summed E-state index contributed by atoms with van der Waals surface area (Å²) in [7, 11) is 1.88. The van der Waals surface area contributed by atoms with Gasteiger partial charge >= 0.3 is 5.97 Å². The molecule has 0 spiro atoms. The van der Waals surface area contributed by atoms with Gasteiger partial charge in [-0.2, -0.15) is 5.10 Å². The van der Waals surface area contributed by atoms with Crippen molar-refractivity contribution in [1.82, 2.24) is 15.1 Å². The second-order valence-electron chi connectivity index (χ2n) is 3.69. The van der Waals surface area contributed by atoms with Crippen LogP contribution in [0.2, 0.25) is 0 Å². The van der Waals surface area contributed by atoms with Crippen LogP contribution in [0.1, 0.15) is 20.9 Å². The van der Waals surface area contributed by atoms with Crippen molar-refractivity contribution in [2.45, 2.75) is 13.1 Å². The molecule has 0 atom stereocenters. The molecule has 0 saturated heterocycles. The van der Waals surface area contributed by atoms with Crippen LogP contribution in [0.25, 0.3) is 0 Å². The molecule has 17 heavy (non-hydrogen) atoms. The number of carboxylic acid groups (broad SMARTS) is 1. The highest BCUT2D eigenvalue weighted by molar-refractivity contribution is 7.10. The highest BCUT2D eigenvalue weighted by atomic mass is 32.1. The van der Waals surface area contributed by atoms with Gasteiger partial charge in [0.1, 0.15) is 0 Å². The molecule has 2 heterocycles. The maximum atomic E-state index is 10.7. The number of rotatable bonds is 5. The Morgan fingerprint density at radius 1 is 1.59 bits per heavy atom. The van der Waals surface area contributed by atoms with Crippen molar-refractivity contribution in [3.8, 4) is 0 Å². The second-order valence-corrected chi connectivity index (χ2v) is 4.69. The maximum absolute atomic E-state index is 10.7. The molecular weight excluding hydrogens is 238 g/mol. The van der Waals surface area contributed by atoms with Gasteiger partial charge in [-0.15, -0.1) is 11.3 Å². The minimum atomic E-state index is -0.878. The molecule has 6 heteroatoms. The van der Waals surface area contributed by atoms with E-state index in [2.05, 4.69) is 10.4 Å². The third-order valence-electron chi connectivity index (χ3n) is 2.27. The van der Waals surface area contributed by atoms with Crippen LogP contribution < -0.4 is 5.32 Å². The molecule has 0 saturated carbocycles. The van der Waals surface area contributed by atoms with Gasteiger partial charge < -0.3 is 10.4 Å². The zero-order chi connectivity index (χ0) is 12.3. The maximum Gasteiger partial charge on any atom is 0.336 e. The van der Waals surface area contributed by atoms with Crippen LogP contribution in [0.15, 0.2) is 23.7 Å². The number of carboxylic acids is 1. The summed E-state index contributed by atoms with van der Waals surface area (Å²) in [6, 6.07) is 3.64. The summed E-state index contributed by atoms with van der Waals surface area (Å²) < 4.78 is 1.75. The third kappa shape index (κ3) is 3.15. The monoisotopic (exact) mass is 251 g/mol. The van der Waals surface area contributed by atoms with Crippen LogP contribution in [0.4, 0.5) is 0 Å². The molecule has 2 aromatic rings. The van der Waals surface area contributed by atoms with Gasteiger partial charge in [0.15, 0.2) is 0 Å². The summed E-state index contributed by atoms with van der Waals surface area (Å²) in [5.74, 6) is -0.878. The van der Waals surface area contributed by atoms with Gasteiger partial charge in [-0.25, -0.2) is 4.79 Å². The molecule has 2 N–H and O–H groups in total. The molecule has 0 amide bonds. The number of hydrogen-bond donors (Lipinski definition) is 2. The average molecular weight is 251 g/mol. The average Bonchev–Trinajstić information content (AvgIpc) is 2.88. The fourth-order valence-electron chi connectivity index (χ4n) is 1.46. The Bertz CT molecular complexity index is 518. The highest BCUT2D eigenvalue weighted by Gasteiger charge is 2.06. The van der Waals surface area contributed by atoms with Gasteiger partial charge in [-0.3, -0.25) is 4.68 Å². The molecule has 0 aliphatic rings. The number of carbonyl (C=O) groups is 1. The van der Waals surface area contributed by atoms with Crippen LogP contribution >= 0.6 is 11.3 Å². The number of thiophene rings is 1. The molecule has 0 aliphatic heterocycles.